The molecule has 1 fully saturated rings. The molecule has 1 saturated heterocycles. The minimum atomic E-state index is -0.559. The summed E-state index contributed by atoms with van der Waals surface area (Å²) < 4.78 is 5.88. The summed E-state index contributed by atoms with van der Waals surface area (Å²) in [5.74, 6) is 1.22. The lowest BCUT2D eigenvalue weighted by Gasteiger charge is -2.28. The largest absolute Gasteiger partial charge is 0.471 e. The van der Waals surface area contributed by atoms with Crippen molar-refractivity contribution in [2.24, 2.45) is 0 Å². The summed E-state index contributed by atoms with van der Waals surface area (Å²) in [6.45, 7) is 7.16. The lowest BCUT2D eigenvalue weighted by atomic mass is 10.2. The van der Waals surface area contributed by atoms with Gasteiger partial charge in [-0.2, -0.15) is 4.98 Å². The predicted molar refractivity (Wildman–Crippen MR) is 86.4 cm³/mol. The van der Waals surface area contributed by atoms with Crippen molar-refractivity contribution >= 4 is 16.9 Å². The van der Waals surface area contributed by atoms with Gasteiger partial charge < -0.3 is 20.1 Å². The molecule has 0 saturated carbocycles. The van der Waals surface area contributed by atoms with Gasteiger partial charge >= 0.3 is 0 Å². The number of nitrogens with zero attached hydrogens (tertiary/aromatic N) is 3. The molecule has 1 aliphatic heterocycles. The zero-order valence-corrected chi connectivity index (χ0v) is 13.0. The summed E-state index contributed by atoms with van der Waals surface area (Å²) in [6, 6.07) is 7.80. The number of fused-ring (bicyclic) bond motifs is 1. The number of aliphatic hydroxyl groups excluding tert-OH is 1. The summed E-state index contributed by atoms with van der Waals surface area (Å²) in [5.41, 5.74) is 0.860. The molecule has 22 heavy (non-hydrogen) atoms. The number of benzene rings is 1. The molecule has 6 nitrogen and oxygen atoms in total. The normalized spacial score (nSPS) is 18.2. The van der Waals surface area contributed by atoms with Gasteiger partial charge in [-0.05, 0) is 26.0 Å². The van der Waals surface area contributed by atoms with E-state index in [0.717, 1.165) is 37.1 Å². The molecule has 0 unspecified atom stereocenters. The molecule has 0 radical (unpaired) electrons. The van der Waals surface area contributed by atoms with Crippen LogP contribution in [0.25, 0.3) is 10.9 Å². The smallest absolute Gasteiger partial charge is 0.229 e. The Morgan fingerprint density at radius 2 is 1.91 bits per heavy atom. The zero-order valence-electron chi connectivity index (χ0n) is 13.0. The summed E-state index contributed by atoms with van der Waals surface area (Å²) in [4.78, 5) is 11.4. The first kappa shape index (κ1) is 15.0. The van der Waals surface area contributed by atoms with Crippen molar-refractivity contribution in [1.82, 2.24) is 15.3 Å². The predicted octanol–water partition coefficient (Wildman–Crippen LogP) is 1.19. The highest BCUT2D eigenvalue weighted by Crippen LogP contribution is 2.26. The second kappa shape index (κ2) is 6.46. The molecule has 2 N–H and O–H groups in total. The van der Waals surface area contributed by atoms with Gasteiger partial charge in [0.25, 0.3) is 0 Å². The Hall–Kier alpha value is -1.92. The third-order valence-electron chi connectivity index (χ3n) is 3.93. The molecule has 1 aliphatic rings. The summed E-state index contributed by atoms with van der Waals surface area (Å²) in [6.07, 6.45) is -0.884. The van der Waals surface area contributed by atoms with Gasteiger partial charge in [-0.25, -0.2) is 4.98 Å². The van der Waals surface area contributed by atoms with E-state index in [0.29, 0.717) is 11.8 Å². The molecule has 0 bridgehead atoms. The van der Waals surface area contributed by atoms with Crippen LogP contribution in [0.15, 0.2) is 24.3 Å². The third-order valence-corrected chi connectivity index (χ3v) is 3.93. The first-order valence-corrected chi connectivity index (χ1v) is 7.72. The van der Waals surface area contributed by atoms with E-state index in [1.165, 1.54) is 0 Å². The number of aromatic nitrogens is 2. The first-order chi connectivity index (χ1) is 10.6. The Labute approximate surface area is 130 Å². The molecule has 2 atom stereocenters. The number of para-hydroxylation sites is 1. The monoisotopic (exact) mass is 302 g/mol. The summed E-state index contributed by atoms with van der Waals surface area (Å²) >= 11 is 0. The van der Waals surface area contributed by atoms with Gasteiger partial charge in [0.1, 0.15) is 6.10 Å². The number of piperazine rings is 1. The van der Waals surface area contributed by atoms with Crippen LogP contribution in [0.3, 0.4) is 0 Å². The van der Waals surface area contributed by atoms with Gasteiger partial charge in [0.05, 0.1) is 17.0 Å². The number of ether oxygens (including phenoxy) is 1. The number of anilines is 1. The standard InChI is InChI=1S/C16H22N4O2/c1-11(21)12(2)22-15-13-5-3-4-6-14(13)18-16(19-15)20-9-7-17-8-10-20/h3-6,11-12,17,21H,7-10H2,1-2H3/t11-,12-/m1/s1. The number of nitrogens with one attached hydrogen (secondary N) is 1. The van der Waals surface area contributed by atoms with Crippen LogP contribution in [0.1, 0.15) is 13.8 Å². The quantitative estimate of drug-likeness (QED) is 0.884. The van der Waals surface area contributed by atoms with Gasteiger partial charge in [-0.15, -0.1) is 0 Å². The van der Waals surface area contributed by atoms with Crippen LogP contribution in [0.2, 0.25) is 0 Å². The van der Waals surface area contributed by atoms with Crippen LogP contribution in [0.5, 0.6) is 5.88 Å². The van der Waals surface area contributed by atoms with Crippen LogP contribution in [0.4, 0.5) is 5.95 Å². The van der Waals surface area contributed by atoms with Crippen molar-refractivity contribution in [2.75, 3.05) is 31.1 Å². The van der Waals surface area contributed by atoms with Crippen molar-refractivity contribution in [1.29, 1.82) is 0 Å². The molecule has 2 aromatic rings. The SMILES string of the molecule is C[C@@H](O)[C@@H](C)Oc1nc(N2CCNCC2)nc2ccccc12. The van der Waals surface area contributed by atoms with Crippen LogP contribution < -0.4 is 15.0 Å². The fraction of sp³-hybridized carbons (Fsp3) is 0.500. The topological polar surface area (TPSA) is 70.5 Å². The molecule has 6 heteroatoms. The average molecular weight is 302 g/mol. The van der Waals surface area contributed by atoms with E-state index in [1.54, 1.807) is 6.92 Å². The molecular formula is C16H22N4O2. The van der Waals surface area contributed by atoms with Crippen molar-refractivity contribution in [3.63, 3.8) is 0 Å². The van der Waals surface area contributed by atoms with Gasteiger partial charge in [-0.3, -0.25) is 0 Å². The Morgan fingerprint density at radius 3 is 2.64 bits per heavy atom. The van der Waals surface area contributed by atoms with Crippen LogP contribution in [-0.4, -0.2) is 53.5 Å². The molecule has 3 rings (SSSR count). The lowest BCUT2D eigenvalue weighted by molar-refractivity contribution is 0.0585. The fourth-order valence-electron chi connectivity index (χ4n) is 2.41. The number of rotatable bonds is 4. The second-order valence-corrected chi connectivity index (χ2v) is 5.65. The lowest BCUT2D eigenvalue weighted by Crippen LogP contribution is -2.44. The third kappa shape index (κ3) is 3.13. The van der Waals surface area contributed by atoms with Crippen LogP contribution in [0, 0.1) is 0 Å². The minimum absolute atomic E-state index is 0.325. The minimum Gasteiger partial charge on any atom is -0.471 e. The molecule has 118 valence electrons. The van der Waals surface area contributed by atoms with Crippen molar-refractivity contribution in [2.45, 2.75) is 26.1 Å². The highest BCUT2D eigenvalue weighted by Gasteiger charge is 2.19. The van der Waals surface area contributed by atoms with Crippen LogP contribution in [-0.2, 0) is 0 Å². The summed E-state index contributed by atoms with van der Waals surface area (Å²) in [5, 5.41) is 13.9. The Balaban J connectivity index is 2.00. The van der Waals surface area contributed by atoms with Gasteiger partial charge in [0.2, 0.25) is 11.8 Å². The second-order valence-electron chi connectivity index (χ2n) is 5.65. The Kier molecular flexibility index (Phi) is 4.40. The van der Waals surface area contributed by atoms with E-state index >= 15 is 0 Å². The fourth-order valence-corrected chi connectivity index (χ4v) is 2.41. The van der Waals surface area contributed by atoms with E-state index < -0.39 is 6.10 Å². The number of hydrogen-bond acceptors (Lipinski definition) is 6. The molecule has 0 amide bonds. The van der Waals surface area contributed by atoms with Gasteiger partial charge in [-0.1, -0.05) is 12.1 Å². The Bertz CT molecular complexity index is 641. The maximum atomic E-state index is 9.69. The maximum absolute atomic E-state index is 9.69. The van der Waals surface area contributed by atoms with E-state index in [1.807, 2.05) is 31.2 Å². The maximum Gasteiger partial charge on any atom is 0.229 e. The average Bonchev–Trinajstić information content (AvgIpc) is 2.55. The number of hydrogen-bond donors (Lipinski definition) is 2. The molecular weight excluding hydrogens is 280 g/mol. The van der Waals surface area contributed by atoms with Gasteiger partial charge in [0, 0.05) is 26.2 Å². The molecule has 0 spiro atoms. The molecule has 0 aliphatic carbocycles. The van der Waals surface area contributed by atoms with E-state index in [-0.39, 0.29) is 6.10 Å². The zero-order chi connectivity index (χ0) is 15.5. The van der Waals surface area contributed by atoms with Crippen LogP contribution >= 0.6 is 0 Å². The van der Waals surface area contributed by atoms with Crippen molar-refractivity contribution in [3.05, 3.63) is 24.3 Å². The molecule has 1 aromatic carbocycles. The Morgan fingerprint density at radius 1 is 1.18 bits per heavy atom. The van der Waals surface area contributed by atoms with E-state index in [9.17, 15) is 5.11 Å². The first-order valence-electron chi connectivity index (χ1n) is 7.72. The van der Waals surface area contributed by atoms with Crippen molar-refractivity contribution in [3.8, 4) is 5.88 Å². The highest BCUT2D eigenvalue weighted by molar-refractivity contribution is 5.84. The van der Waals surface area contributed by atoms with E-state index in [4.69, 9.17) is 4.74 Å². The van der Waals surface area contributed by atoms with Gasteiger partial charge in [0.15, 0.2) is 0 Å². The van der Waals surface area contributed by atoms with E-state index in [2.05, 4.69) is 20.2 Å². The highest BCUT2D eigenvalue weighted by atomic mass is 16.5. The number of aliphatic hydroxyl groups is 1. The molecule has 1 aromatic heterocycles. The molecule has 2 heterocycles. The van der Waals surface area contributed by atoms with Crippen molar-refractivity contribution < 1.29 is 9.84 Å². The summed E-state index contributed by atoms with van der Waals surface area (Å²) in [7, 11) is 0.